The molecule has 0 saturated heterocycles. The largest absolute Gasteiger partial charge is 0.497 e. The molecule has 1 aromatic heterocycles. The summed E-state index contributed by atoms with van der Waals surface area (Å²) in [5.74, 6) is 0.0558. The number of aryl methyl sites for hydroxylation is 1. The lowest BCUT2D eigenvalue weighted by molar-refractivity contribution is 0.0731. The molecule has 0 bridgehead atoms. The number of methoxy groups -OCH3 is 1. The van der Waals surface area contributed by atoms with Crippen molar-refractivity contribution in [1.29, 1.82) is 0 Å². The van der Waals surface area contributed by atoms with Crippen LogP contribution in [0.1, 0.15) is 15.9 Å². The van der Waals surface area contributed by atoms with Crippen molar-refractivity contribution in [2.75, 3.05) is 7.11 Å². The van der Waals surface area contributed by atoms with E-state index in [0.29, 0.717) is 27.8 Å². The number of fused-ring (bicyclic) bond motifs is 1. The highest BCUT2D eigenvalue weighted by atomic mass is 16.5. The van der Waals surface area contributed by atoms with Gasteiger partial charge in [-0.05, 0) is 43.3 Å². The van der Waals surface area contributed by atoms with E-state index in [1.54, 1.807) is 55.6 Å². The van der Waals surface area contributed by atoms with E-state index in [-0.39, 0.29) is 11.5 Å². The molecule has 5 heteroatoms. The first-order valence-corrected chi connectivity index (χ1v) is 9.06. The summed E-state index contributed by atoms with van der Waals surface area (Å²) < 4.78 is 16.6. The normalized spacial score (nSPS) is 10.7. The first kappa shape index (κ1) is 18.5. The summed E-state index contributed by atoms with van der Waals surface area (Å²) in [7, 11) is 1.54. The summed E-state index contributed by atoms with van der Waals surface area (Å²) in [4.78, 5) is 25.9. The quantitative estimate of drug-likeness (QED) is 0.462. The van der Waals surface area contributed by atoms with E-state index in [1.807, 2.05) is 31.2 Å². The second-order valence-electron chi connectivity index (χ2n) is 6.57. The van der Waals surface area contributed by atoms with Gasteiger partial charge in [-0.25, -0.2) is 4.79 Å². The van der Waals surface area contributed by atoms with Crippen LogP contribution in [-0.2, 0) is 0 Å². The maximum Gasteiger partial charge on any atom is 0.343 e. The van der Waals surface area contributed by atoms with Crippen molar-refractivity contribution in [2.24, 2.45) is 0 Å². The van der Waals surface area contributed by atoms with E-state index in [0.717, 1.165) is 5.56 Å². The van der Waals surface area contributed by atoms with Gasteiger partial charge in [0.1, 0.15) is 11.3 Å². The summed E-state index contributed by atoms with van der Waals surface area (Å²) >= 11 is 0. The van der Waals surface area contributed by atoms with Gasteiger partial charge in [0.2, 0.25) is 11.2 Å². The Balaban J connectivity index is 1.85. The summed E-state index contributed by atoms with van der Waals surface area (Å²) in [5.41, 5.74) is 1.89. The minimum absolute atomic E-state index is 0.130. The molecule has 144 valence electrons. The Morgan fingerprint density at radius 2 is 1.66 bits per heavy atom. The molecule has 0 radical (unpaired) electrons. The molecule has 0 fully saturated rings. The van der Waals surface area contributed by atoms with Gasteiger partial charge in [-0.1, -0.05) is 42.0 Å². The summed E-state index contributed by atoms with van der Waals surface area (Å²) in [6.07, 6.45) is 0. The summed E-state index contributed by atoms with van der Waals surface area (Å²) in [6, 6.07) is 20.9. The molecular weight excluding hydrogens is 368 g/mol. The molecule has 0 unspecified atom stereocenters. The first-order valence-electron chi connectivity index (χ1n) is 9.06. The fourth-order valence-electron chi connectivity index (χ4n) is 3.04. The third-order valence-electron chi connectivity index (χ3n) is 4.56. The predicted molar refractivity (Wildman–Crippen MR) is 111 cm³/mol. The highest BCUT2D eigenvalue weighted by Crippen LogP contribution is 2.31. The second-order valence-corrected chi connectivity index (χ2v) is 6.57. The molecule has 3 aromatic carbocycles. The first-order chi connectivity index (χ1) is 14.1. The van der Waals surface area contributed by atoms with Gasteiger partial charge in [-0.15, -0.1) is 0 Å². The number of carbonyl (C=O) groups excluding carboxylic acids is 1. The minimum atomic E-state index is -0.649. The fourth-order valence-corrected chi connectivity index (χ4v) is 3.04. The smallest absolute Gasteiger partial charge is 0.343 e. The van der Waals surface area contributed by atoms with Crippen molar-refractivity contribution in [3.05, 3.63) is 94.1 Å². The van der Waals surface area contributed by atoms with Gasteiger partial charge in [0.15, 0.2) is 5.76 Å². The van der Waals surface area contributed by atoms with Crippen LogP contribution in [0, 0.1) is 6.92 Å². The molecule has 4 aromatic rings. The van der Waals surface area contributed by atoms with Crippen molar-refractivity contribution in [1.82, 2.24) is 0 Å². The lowest BCUT2D eigenvalue weighted by atomic mass is 10.1. The Morgan fingerprint density at radius 1 is 0.931 bits per heavy atom. The lowest BCUT2D eigenvalue weighted by Crippen LogP contribution is -2.16. The molecule has 0 aliphatic rings. The van der Waals surface area contributed by atoms with Gasteiger partial charge < -0.3 is 13.9 Å². The molecule has 0 saturated carbocycles. The second kappa shape index (κ2) is 7.64. The van der Waals surface area contributed by atoms with Crippen molar-refractivity contribution >= 4 is 16.9 Å². The van der Waals surface area contributed by atoms with Crippen LogP contribution >= 0.6 is 0 Å². The van der Waals surface area contributed by atoms with Crippen LogP contribution in [0.3, 0.4) is 0 Å². The average molecular weight is 386 g/mol. The molecule has 5 nitrogen and oxygen atoms in total. The van der Waals surface area contributed by atoms with E-state index in [2.05, 4.69) is 0 Å². The molecule has 1 heterocycles. The van der Waals surface area contributed by atoms with Crippen LogP contribution < -0.4 is 14.9 Å². The molecule has 0 amide bonds. The molecule has 4 rings (SSSR count). The highest BCUT2D eigenvalue weighted by molar-refractivity contribution is 5.93. The van der Waals surface area contributed by atoms with Crippen LogP contribution in [0.15, 0.2) is 82.0 Å². The lowest BCUT2D eigenvalue weighted by Gasteiger charge is -2.11. The van der Waals surface area contributed by atoms with E-state index in [1.165, 1.54) is 0 Å². The van der Waals surface area contributed by atoms with Gasteiger partial charge in [0, 0.05) is 5.56 Å². The average Bonchev–Trinajstić information content (AvgIpc) is 2.76. The number of carbonyl (C=O) groups is 1. The number of hydrogen-bond acceptors (Lipinski definition) is 5. The SMILES string of the molecule is COc1ccc(C(=O)Oc2c(-c3ccccc3)oc3ccc(C)cc3c2=O)cc1. The summed E-state index contributed by atoms with van der Waals surface area (Å²) in [5, 5.41) is 0.363. The molecule has 0 aliphatic carbocycles. The topological polar surface area (TPSA) is 65.7 Å². The maximum atomic E-state index is 13.2. The van der Waals surface area contributed by atoms with E-state index >= 15 is 0 Å². The molecule has 29 heavy (non-hydrogen) atoms. The molecule has 0 N–H and O–H groups in total. The van der Waals surface area contributed by atoms with Crippen molar-refractivity contribution < 1.29 is 18.7 Å². The Morgan fingerprint density at radius 3 is 2.34 bits per heavy atom. The van der Waals surface area contributed by atoms with Crippen LogP contribution in [0.4, 0.5) is 0 Å². The molecular formula is C24H18O5. The number of ether oxygens (including phenoxy) is 2. The summed E-state index contributed by atoms with van der Waals surface area (Å²) in [6.45, 7) is 1.88. The van der Waals surface area contributed by atoms with Gasteiger partial charge >= 0.3 is 5.97 Å². The van der Waals surface area contributed by atoms with Gasteiger partial charge in [0.25, 0.3) is 0 Å². The minimum Gasteiger partial charge on any atom is -0.497 e. The highest BCUT2D eigenvalue weighted by Gasteiger charge is 2.21. The van der Waals surface area contributed by atoms with Crippen LogP contribution in [-0.4, -0.2) is 13.1 Å². The third kappa shape index (κ3) is 3.62. The van der Waals surface area contributed by atoms with Gasteiger partial charge in [-0.3, -0.25) is 4.79 Å². The van der Waals surface area contributed by atoms with Crippen LogP contribution in [0.25, 0.3) is 22.3 Å². The van der Waals surface area contributed by atoms with Crippen LogP contribution in [0.2, 0.25) is 0 Å². The zero-order chi connectivity index (χ0) is 20.4. The molecule has 0 aliphatic heterocycles. The van der Waals surface area contributed by atoms with Crippen molar-refractivity contribution in [3.63, 3.8) is 0 Å². The van der Waals surface area contributed by atoms with Gasteiger partial charge in [-0.2, -0.15) is 0 Å². The van der Waals surface area contributed by atoms with E-state index in [4.69, 9.17) is 13.9 Å². The monoisotopic (exact) mass is 386 g/mol. The Bertz CT molecular complexity index is 1240. The maximum absolute atomic E-state index is 13.2. The van der Waals surface area contributed by atoms with Crippen molar-refractivity contribution in [3.8, 4) is 22.8 Å². The Labute approximate surface area is 167 Å². The predicted octanol–water partition coefficient (Wildman–Crippen LogP) is 5.00. The van der Waals surface area contributed by atoms with E-state index in [9.17, 15) is 9.59 Å². The third-order valence-corrected chi connectivity index (χ3v) is 4.56. The zero-order valence-corrected chi connectivity index (χ0v) is 16.0. The molecule has 0 spiro atoms. The number of esters is 1. The number of rotatable bonds is 4. The van der Waals surface area contributed by atoms with E-state index < -0.39 is 11.4 Å². The Hall–Kier alpha value is -3.86. The number of hydrogen-bond donors (Lipinski definition) is 0. The molecule has 0 atom stereocenters. The zero-order valence-electron chi connectivity index (χ0n) is 16.0. The van der Waals surface area contributed by atoms with Crippen LogP contribution in [0.5, 0.6) is 11.5 Å². The van der Waals surface area contributed by atoms with Crippen molar-refractivity contribution in [2.45, 2.75) is 6.92 Å². The number of benzene rings is 3. The fraction of sp³-hybridized carbons (Fsp3) is 0.0833. The Kier molecular flexibility index (Phi) is 4.87. The van der Waals surface area contributed by atoms with Gasteiger partial charge in [0.05, 0.1) is 18.1 Å². The standard InChI is InChI=1S/C24H18O5/c1-15-8-13-20-19(14-15)21(25)23(22(28-20)16-6-4-3-5-7-16)29-24(26)17-9-11-18(27-2)12-10-17/h3-14H,1-2H3.